The lowest BCUT2D eigenvalue weighted by atomic mass is 9.95. The molecule has 3 rings (SSSR count). The molecular formula is C18H24N2O2. The molecule has 2 fully saturated rings. The summed E-state index contributed by atoms with van der Waals surface area (Å²) in [6.45, 7) is 3.28. The van der Waals surface area contributed by atoms with Crippen LogP contribution in [0.1, 0.15) is 31.2 Å². The Balaban J connectivity index is 1.48. The second kappa shape index (κ2) is 6.95. The first-order valence-electron chi connectivity index (χ1n) is 8.34. The zero-order valence-corrected chi connectivity index (χ0v) is 13.0. The quantitative estimate of drug-likeness (QED) is 0.857. The molecule has 4 nitrogen and oxygen atoms in total. The highest BCUT2D eigenvalue weighted by Crippen LogP contribution is 2.22. The molecule has 0 aliphatic carbocycles. The second-order valence-corrected chi connectivity index (χ2v) is 6.35. The lowest BCUT2D eigenvalue weighted by Crippen LogP contribution is -2.44. The average molecular weight is 300 g/mol. The van der Waals surface area contributed by atoms with Crippen LogP contribution in [0.25, 0.3) is 0 Å². The number of rotatable bonds is 3. The number of piperidine rings is 1. The van der Waals surface area contributed by atoms with Gasteiger partial charge in [0.05, 0.1) is 6.42 Å². The van der Waals surface area contributed by atoms with E-state index in [0.29, 0.717) is 12.3 Å². The Kier molecular flexibility index (Phi) is 4.76. The van der Waals surface area contributed by atoms with Crippen LogP contribution in [0.2, 0.25) is 0 Å². The van der Waals surface area contributed by atoms with Gasteiger partial charge in [-0.15, -0.1) is 0 Å². The molecule has 2 amide bonds. The fourth-order valence-corrected chi connectivity index (χ4v) is 3.45. The van der Waals surface area contributed by atoms with Crippen molar-refractivity contribution < 1.29 is 9.59 Å². The van der Waals surface area contributed by atoms with Crippen LogP contribution in [0.15, 0.2) is 30.3 Å². The average Bonchev–Trinajstić information content (AvgIpc) is 3.10. The molecular weight excluding hydrogens is 276 g/mol. The lowest BCUT2D eigenvalue weighted by molar-refractivity contribution is -0.139. The van der Waals surface area contributed by atoms with E-state index in [0.717, 1.165) is 57.4 Å². The van der Waals surface area contributed by atoms with Crippen LogP contribution in [0.5, 0.6) is 0 Å². The van der Waals surface area contributed by atoms with E-state index in [2.05, 4.69) is 0 Å². The van der Waals surface area contributed by atoms with E-state index in [4.69, 9.17) is 0 Å². The molecule has 0 bridgehead atoms. The Hall–Kier alpha value is -1.84. The first-order chi connectivity index (χ1) is 10.7. The van der Waals surface area contributed by atoms with Gasteiger partial charge in [0.2, 0.25) is 11.8 Å². The van der Waals surface area contributed by atoms with Gasteiger partial charge in [-0.25, -0.2) is 0 Å². The third-order valence-corrected chi connectivity index (χ3v) is 4.81. The molecule has 1 aromatic carbocycles. The summed E-state index contributed by atoms with van der Waals surface area (Å²) in [5, 5.41) is 0. The molecule has 2 heterocycles. The zero-order chi connectivity index (χ0) is 15.4. The van der Waals surface area contributed by atoms with Gasteiger partial charge < -0.3 is 9.80 Å². The highest BCUT2D eigenvalue weighted by Gasteiger charge is 2.31. The molecule has 2 aliphatic rings. The molecule has 0 spiro atoms. The van der Waals surface area contributed by atoms with Gasteiger partial charge >= 0.3 is 0 Å². The minimum Gasteiger partial charge on any atom is -0.342 e. The standard InChI is InChI=1S/C18H24N2O2/c21-17(14-15-6-2-1-3-7-15)19-12-8-16(9-13-19)18(22)20-10-4-5-11-20/h1-3,6-7,16H,4-5,8-14H2. The lowest BCUT2D eigenvalue weighted by Gasteiger charge is -2.33. The number of hydrogen-bond donors (Lipinski definition) is 0. The molecule has 0 aromatic heterocycles. The summed E-state index contributed by atoms with van der Waals surface area (Å²) < 4.78 is 0. The number of carbonyl (C=O) groups excluding carboxylic acids is 2. The molecule has 2 aliphatic heterocycles. The molecule has 2 saturated heterocycles. The van der Waals surface area contributed by atoms with Crippen LogP contribution in [0.4, 0.5) is 0 Å². The summed E-state index contributed by atoms with van der Waals surface area (Å²) in [4.78, 5) is 28.6. The largest absolute Gasteiger partial charge is 0.342 e. The van der Waals surface area contributed by atoms with Crippen molar-refractivity contribution in [1.82, 2.24) is 9.80 Å². The zero-order valence-electron chi connectivity index (χ0n) is 13.0. The summed E-state index contributed by atoms with van der Waals surface area (Å²) in [5.74, 6) is 0.616. The number of benzene rings is 1. The predicted molar refractivity (Wildman–Crippen MR) is 85.3 cm³/mol. The summed E-state index contributed by atoms with van der Waals surface area (Å²) >= 11 is 0. The van der Waals surface area contributed by atoms with Gasteiger partial charge in [-0.2, -0.15) is 0 Å². The molecule has 22 heavy (non-hydrogen) atoms. The highest BCUT2D eigenvalue weighted by molar-refractivity contribution is 5.81. The minimum atomic E-state index is 0.124. The SMILES string of the molecule is O=C(Cc1ccccc1)N1CCC(C(=O)N2CCCC2)CC1. The molecule has 0 radical (unpaired) electrons. The Morgan fingerprint density at radius 2 is 1.55 bits per heavy atom. The molecule has 1 aromatic rings. The molecule has 0 saturated carbocycles. The number of carbonyl (C=O) groups is 2. The van der Waals surface area contributed by atoms with Crippen LogP contribution in [-0.2, 0) is 16.0 Å². The van der Waals surface area contributed by atoms with Crippen molar-refractivity contribution in [1.29, 1.82) is 0 Å². The number of nitrogens with zero attached hydrogens (tertiary/aromatic N) is 2. The van der Waals surface area contributed by atoms with E-state index < -0.39 is 0 Å². The van der Waals surface area contributed by atoms with Crippen LogP contribution < -0.4 is 0 Å². The fourth-order valence-electron chi connectivity index (χ4n) is 3.45. The third kappa shape index (κ3) is 3.49. The molecule has 4 heteroatoms. The van der Waals surface area contributed by atoms with Gasteiger partial charge in [0.15, 0.2) is 0 Å². The maximum atomic E-state index is 12.4. The Morgan fingerprint density at radius 1 is 0.909 bits per heavy atom. The van der Waals surface area contributed by atoms with Crippen LogP contribution >= 0.6 is 0 Å². The van der Waals surface area contributed by atoms with E-state index in [1.54, 1.807) is 0 Å². The molecule has 0 unspecified atom stereocenters. The predicted octanol–water partition coefficient (Wildman–Crippen LogP) is 2.09. The van der Waals surface area contributed by atoms with Crippen LogP contribution in [0, 0.1) is 5.92 Å². The maximum Gasteiger partial charge on any atom is 0.226 e. The van der Waals surface area contributed by atoms with Gasteiger partial charge in [-0.1, -0.05) is 30.3 Å². The topological polar surface area (TPSA) is 40.6 Å². The smallest absolute Gasteiger partial charge is 0.226 e. The van der Waals surface area contributed by atoms with E-state index in [-0.39, 0.29) is 11.8 Å². The monoisotopic (exact) mass is 300 g/mol. The summed E-state index contributed by atoms with van der Waals surface area (Å²) in [6, 6.07) is 9.86. The van der Waals surface area contributed by atoms with Crippen molar-refractivity contribution in [3.05, 3.63) is 35.9 Å². The minimum absolute atomic E-state index is 0.124. The van der Waals surface area contributed by atoms with Crippen LogP contribution in [0.3, 0.4) is 0 Å². The second-order valence-electron chi connectivity index (χ2n) is 6.35. The molecule has 0 N–H and O–H groups in total. The van der Waals surface area contributed by atoms with E-state index in [9.17, 15) is 9.59 Å². The normalized spacial score (nSPS) is 19.5. The van der Waals surface area contributed by atoms with Gasteiger partial charge in [0.1, 0.15) is 0 Å². The third-order valence-electron chi connectivity index (χ3n) is 4.81. The van der Waals surface area contributed by atoms with Gasteiger partial charge in [0.25, 0.3) is 0 Å². The fraction of sp³-hybridized carbons (Fsp3) is 0.556. The summed E-state index contributed by atoms with van der Waals surface area (Å²) in [6.07, 6.45) is 4.37. The summed E-state index contributed by atoms with van der Waals surface area (Å²) in [5.41, 5.74) is 1.06. The van der Waals surface area contributed by atoms with Crippen molar-refractivity contribution in [2.45, 2.75) is 32.1 Å². The number of likely N-dealkylation sites (tertiary alicyclic amines) is 2. The van der Waals surface area contributed by atoms with E-state index in [1.165, 1.54) is 0 Å². The van der Waals surface area contributed by atoms with Crippen molar-refractivity contribution >= 4 is 11.8 Å². The van der Waals surface area contributed by atoms with Gasteiger partial charge in [-0.05, 0) is 31.2 Å². The molecule has 0 atom stereocenters. The first-order valence-corrected chi connectivity index (χ1v) is 8.34. The Bertz CT molecular complexity index is 515. The summed E-state index contributed by atoms with van der Waals surface area (Å²) in [7, 11) is 0. The van der Waals surface area contributed by atoms with E-state index in [1.807, 2.05) is 40.1 Å². The van der Waals surface area contributed by atoms with Gasteiger partial charge in [0, 0.05) is 32.1 Å². The van der Waals surface area contributed by atoms with Crippen molar-refractivity contribution in [2.24, 2.45) is 5.92 Å². The van der Waals surface area contributed by atoms with E-state index >= 15 is 0 Å². The van der Waals surface area contributed by atoms with Crippen molar-refractivity contribution in [3.63, 3.8) is 0 Å². The maximum absolute atomic E-state index is 12.4. The highest BCUT2D eigenvalue weighted by atomic mass is 16.2. The first kappa shape index (κ1) is 15.1. The molecule has 118 valence electrons. The Labute approximate surface area is 132 Å². The van der Waals surface area contributed by atoms with Crippen molar-refractivity contribution in [2.75, 3.05) is 26.2 Å². The number of amides is 2. The van der Waals surface area contributed by atoms with Crippen molar-refractivity contribution in [3.8, 4) is 0 Å². The Morgan fingerprint density at radius 3 is 2.18 bits per heavy atom. The van der Waals surface area contributed by atoms with Crippen LogP contribution in [-0.4, -0.2) is 47.8 Å². The number of hydrogen-bond acceptors (Lipinski definition) is 2. The van der Waals surface area contributed by atoms with Gasteiger partial charge in [-0.3, -0.25) is 9.59 Å².